The van der Waals surface area contributed by atoms with E-state index in [-0.39, 0.29) is 17.5 Å². The molecule has 0 heterocycles. The molecule has 0 aromatic heterocycles. The number of hydrogen-bond donors (Lipinski definition) is 1. The Hall–Kier alpha value is -2.11. The van der Waals surface area contributed by atoms with E-state index in [1.165, 1.54) is 6.07 Å². The molecule has 0 amide bonds. The van der Waals surface area contributed by atoms with Crippen molar-refractivity contribution in [1.29, 1.82) is 0 Å². The maximum atomic E-state index is 14.8. The first-order valence-electron chi connectivity index (χ1n) is 8.70. The fourth-order valence-electron chi connectivity index (χ4n) is 3.20. The average molecular weight is 368 g/mol. The summed E-state index contributed by atoms with van der Waals surface area (Å²) in [7, 11) is 0. The molecule has 0 saturated heterocycles. The molecule has 6 heteroatoms. The second-order valence-corrected chi connectivity index (χ2v) is 6.94. The van der Waals surface area contributed by atoms with Gasteiger partial charge < -0.3 is 5.11 Å². The second kappa shape index (κ2) is 8.06. The van der Waals surface area contributed by atoms with E-state index in [0.717, 1.165) is 6.92 Å². The van der Waals surface area contributed by atoms with Gasteiger partial charge in [0.2, 0.25) is 11.6 Å². The number of ketones is 2. The van der Waals surface area contributed by atoms with Crippen molar-refractivity contribution in [3.05, 3.63) is 40.5 Å². The van der Waals surface area contributed by atoms with Crippen molar-refractivity contribution in [2.45, 2.75) is 57.8 Å². The second-order valence-electron chi connectivity index (χ2n) is 6.94. The van der Waals surface area contributed by atoms with E-state index in [0.29, 0.717) is 24.8 Å². The van der Waals surface area contributed by atoms with Gasteiger partial charge in [-0.3, -0.25) is 14.0 Å². The molecule has 0 bridgehead atoms. The molecule has 1 aliphatic carbocycles. The largest absolute Gasteiger partial charge is 0.507 e. The first kappa shape index (κ1) is 20.2. The van der Waals surface area contributed by atoms with E-state index >= 15 is 0 Å². The van der Waals surface area contributed by atoms with Crippen LogP contribution in [0.15, 0.2) is 23.8 Å². The third-order valence-electron chi connectivity index (χ3n) is 4.79. The normalized spacial score (nSPS) is 17.9. The summed E-state index contributed by atoms with van der Waals surface area (Å²) in [4.78, 5) is 24.7. The van der Waals surface area contributed by atoms with Gasteiger partial charge >= 0.3 is 0 Å². The minimum atomic E-state index is -2.42. The summed E-state index contributed by atoms with van der Waals surface area (Å²) in [5.74, 6) is -2.29. The number of aliphatic hydroxyl groups excluding tert-OH is 1. The van der Waals surface area contributed by atoms with E-state index in [1.54, 1.807) is 19.1 Å². The Morgan fingerprint density at radius 2 is 1.85 bits per heavy atom. The number of allylic oxidation sites excluding steroid dienone is 1. The molecular weight excluding hydrogens is 345 g/mol. The first-order valence-corrected chi connectivity index (χ1v) is 8.70. The summed E-state index contributed by atoms with van der Waals surface area (Å²) in [6.07, 6.45) is -1.62. The predicted molar refractivity (Wildman–Crippen MR) is 93.5 cm³/mol. The Bertz CT molecular complexity index is 738. The van der Waals surface area contributed by atoms with Gasteiger partial charge in [-0.1, -0.05) is 31.0 Å². The van der Waals surface area contributed by atoms with Crippen LogP contribution in [0.25, 0.3) is 5.76 Å². The number of carbonyl (C=O) groups is 2. The van der Waals surface area contributed by atoms with Gasteiger partial charge in [0.25, 0.3) is 0 Å². The fourth-order valence-corrected chi connectivity index (χ4v) is 3.20. The first-order chi connectivity index (χ1) is 12.2. The van der Waals surface area contributed by atoms with Crippen LogP contribution in [0, 0.1) is 6.92 Å². The third kappa shape index (κ3) is 4.00. The van der Waals surface area contributed by atoms with E-state index < -0.39 is 47.8 Å². The van der Waals surface area contributed by atoms with Gasteiger partial charge in [-0.25, -0.2) is 8.78 Å². The highest BCUT2D eigenvalue weighted by atomic mass is 19.2. The van der Waals surface area contributed by atoms with Crippen LogP contribution >= 0.6 is 0 Å². The van der Waals surface area contributed by atoms with Crippen LogP contribution in [0.2, 0.25) is 0 Å². The van der Waals surface area contributed by atoms with Crippen molar-refractivity contribution in [1.82, 2.24) is 0 Å². The Morgan fingerprint density at radius 1 is 1.15 bits per heavy atom. The lowest BCUT2D eigenvalue weighted by Crippen LogP contribution is -2.36. The molecule has 26 heavy (non-hydrogen) atoms. The fraction of sp³-hybridized carbons (Fsp3) is 0.500. The number of carbonyl (C=O) groups excluding carboxylic acids is 2. The number of aliphatic hydroxyl groups is 1. The monoisotopic (exact) mass is 368 g/mol. The van der Waals surface area contributed by atoms with Gasteiger partial charge in [-0.15, -0.1) is 0 Å². The summed E-state index contributed by atoms with van der Waals surface area (Å²) in [6.45, 7) is 2.15. The number of fused-ring (bicyclic) bond motifs is 1. The van der Waals surface area contributed by atoms with E-state index in [1.807, 2.05) is 0 Å². The highest BCUT2D eigenvalue weighted by Gasteiger charge is 2.41. The Labute approximate surface area is 150 Å². The Balaban J connectivity index is 2.25. The molecule has 142 valence electrons. The molecule has 0 fully saturated rings. The van der Waals surface area contributed by atoms with Gasteiger partial charge in [0.05, 0.1) is 6.67 Å². The molecule has 1 aromatic carbocycles. The van der Waals surface area contributed by atoms with Crippen molar-refractivity contribution < 1.29 is 27.9 Å². The summed E-state index contributed by atoms with van der Waals surface area (Å²) < 4.78 is 41.2. The minimum Gasteiger partial charge on any atom is -0.507 e. The van der Waals surface area contributed by atoms with Crippen LogP contribution < -0.4 is 0 Å². The lowest BCUT2D eigenvalue weighted by molar-refractivity contribution is -0.112. The van der Waals surface area contributed by atoms with E-state index in [9.17, 15) is 27.9 Å². The van der Waals surface area contributed by atoms with Crippen LogP contribution in [0.3, 0.4) is 0 Å². The van der Waals surface area contributed by atoms with Gasteiger partial charge in [0.15, 0.2) is 0 Å². The molecule has 1 N–H and O–H groups in total. The lowest BCUT2D eigenvalue weighted by atomic mass is 9.80. The third-order valence-corrected chi connectivity index (χ3v) is 4.79. The van der Waals surface area contributed by atoms with Crippen LogP contribution in [0.5, 0.6) is 0 Å². The summed E-state index contributed by atoms with van der Waals surface area (Å²) in [5.41, 5.74) is -2.02. The molecular formula is C20H23F3O3. The predicted octanol–water partition coefficient (Wildman–Crippen LogP) is 5.02. The molecule has 0 spiro atoms. The zero-order chi connectivity index (χ0) is 19.5. The molecule has 2 atom stereocenters. The standard InChI is InChI=1S/C20H23F3O3/c1-12-7-6-8-13-16(12)19(26)18(25)14(17(13)24)11-20(2,23)15(22)9-4-3-5-10-21/h6-8,15,24H,3-5,9-11H2,1-2H3. The molecule has 1 aromatic rings. The number of aryl methyl sites for hydroxylation is 1. The summed E-state index contributed by atoms with van der Waals surface area (Å²) in [5, 5.41) is 10.4. The number of Topliss-reactive ketones (excluding diaryl/α,β-unsaturated/α-hetero) is 2. The topological polar surface area (TPSA) is 54.4 Å². The van der Waals surface area contributed by atoms with Crippen LogP contribution in [0.1, 0.15) is 60.5 Å². The van der Waals surface area contributed by atoms with Crippen LogP contribution in [-0.4, -0.2) is 35.2 Å². The molecule has 2 rings (SSSR count). The van der Waals surface area contributed by atoms with E-state index in [4.69, 9.17) is 0 Å². The van der Waals surface area contributed by atoms with Crippen molar-refractivity contribution in [3.63, 3.8) is 0 Å². The van der Waals surface area contributed by atoms with Gasteiger partial charge in [-0.2, -0.15) is 0 Å². The number of hydrogen-bond acceptors (Lipinski definition) is 3. The number of halogens is 3. The molecule has 0 saturated carbocycles. The smallest absolute Gasteiger partial charge is 0.234 e. The highest BCUT2D eigenvalue weighted by molar-refractivity contribution is 6.52. The van der Waals surface area contributed by atoms with Crippen molar-refractivity contribution >= 4 is 17.3 Å². The van der Waals surface area contributed by atoms with Crippen molar-refractivity contribution in [2.75, 3.05) is 6.67 Å². The number of unbranched alkanes of at least 4 members (excludes halogenated alkanes) is 2. The zero-order valence-corrected chi connectivity index (χ0v) is 14.9. The highest BCUT2D eigenvalue weighted by Crippen LogP contribution is 2.37. The molecule has 1 aliphatic rings. The Kier molecular flexibility index (Phi) is 6.26. The maximum absolute atomic E-state index is 14.8. The van der Waals surface area contributed by atoms with Crippen LogP contribution in [-0.2, 0) is 4.79 Å². The van der Waals surface area contributed by atoms with Crippen molar-refractivity contribution in [3.8, 4) is 0 Å². The number of rotatable bonds is 8. The van der Waals surface area contributed by atoms with Crippen molar-refractivity contribution in [2.24, 2.45) is 0 Å². The molecule has 2 unspecified atom stereocenters. The Morgan fingerprint density at radius 3 is 2.50 bits per heavy atom. The average Bonchev–Trinajstić information content (AvgIpc) is 2.60. The lowest BCUT2D eigenvalue weighted by Gasteiger charge is -2.27. The SMILES string of the molecule is Cc1cccc2c1C(=O)C(=O)C(CC(C)(F)C(F)CCCCCF)=C2O. The number of benzene rings is 1. The van der Waals surface area contributed by atoms with Gasteiger partial charge in [0, 0.05) is 23.1 Å². The molecule has 0 radical (unpaired) electrons. The maximum Gasteiger partial charge on any atom is 0.234 e. The summed E-state index contributed by atoms with van der Waals surface area (Å²) >= 11 is 0. The minimum absolute atomic E-state index is 0.0994. The molecule has 0 aliphatic heterocycles. The van der Waals surface area contributed by atoms with Crippen LogP contribution in [0.4, 0.5) is 13.2 Å². The summed E-state index contributed by atoms with van der Waals surface area (Å²) in [6, 6.07) is 4.72. The molecule has 3 nitrogen and oxygen atoms in total. The van der Waals surface area contributed by atoms with Gasteiger partial charge in [0.1, 0.15) is 17.6 Å². The number of alkyl halides is 3. The van der Waals surface area contributed by atoms with Gasteiger partial charge in [-0.05, 0) is 32.3 Å². The zero-order valence-electron chi connectivity index (χ0n) is 14.9. The quantitative estimate of drug-likeness (QED) is 0.518. The van der Waals surface area contributed by atoms with E-state index in [2.05, 4.69) is 0 Å².